The second-order valence-corrected chi connectivity index (χ2v) is 3.89. The van der Waals surface area contributed by atoms with Crippen molar-refractivity contribution in [1.82, 2.24) is 4.98 Å². The minimum absolute atomic E-state index is 0.00669. The van der Waals surface area contributed by atoms with E-state index >= 15 is 0 Å². The summed E-state index contributed by atoms with van der Waals surface area (Å²) in [5, 5.41) is 0.309. The van der Waals surface area contributed by atoms with Crippen LogP contribution in [0.25, 0.3) is 10.9 Å². The van der Waals surface area contributed by atoms with Crippen LogP contribution >= 0.6 is 0 Å². The predicted octanol–water partition coefficient (Wildman–Crippen LogP) is 2.95. The van der Waals surface area contributed by atoms with Gasteiger partial charge in [-0.3, -0.25) is 0 Å². The van der Waals surface area contributed by atoms with Gasteiger partial charge in [0, 0.05) is 10.9 Å². The molecular weight excluding hydrogens is 261 g/mol. The fourth-order valence-corrected chi connectivity index (χ4v) is 1.82. The number of fused-ring (bicyclic) bond motifs is 1. The molecule has 0 amide bonds. The van der Waals surface area contributed by atoms with Crippen molar-refractivity contribution in [2.75, 3.05) is 12.3 Å². The SMILES string of the molecule is CCOC(=O)c1c(N)[nH]c2cc(C(F)(F)F)ccc12. The van der Waals surface area contributed by atoms with Crippen molar-refractivity contribution in [3.8, 4) is 0 Å². The third-order valence-corrected chi connectivity index (χ3v) is 2.63. The van der Waals surface area contributed by atoms with Crippen molar-refractivity contribution in [2.45, 2.75) is 13.1 Å². The van der Waals surface area contributed by atoms with E-state index in [4.69, 9.17) is 10.5 Å². The number of nitrogens with one attached hydrogen (secondary N) is 1. The quantitative estimate of drug-likeness (QED) is 0.826. The summed E-state index contributed by atoms with van der Waals surface area (Å²) in [7, 11) is 0. The van der Waals surface area contributed by atoms with E-state index in [1.165, 1.54) is 6.07 Å². The number of hydrogen-bond donors (Lipinski definition) is 2. The lowest BCUT2D eigenvalue weighted by Gasteiger charge is -2.06. The van der Waals surface area contributed by atoms with E-state index in [-0.39, 0.29) is 23.5 Å². The average Bonchev–Trinajstić information content (AvgIpc) is 2.62. The van der Waals surface area contributed by atoms with Gasteiger partial charge >= 0.3 is 12.1 Å². The second-order valence-electron chi connectivity index (χ2n) is 3.89. The first-order valence-electron chi connectivity index (χ1n) is 5.50. The van der Waals surface area contributed by atoms with E-state index in [9.17, 15) is 18.0 Å². The van der Waals surface area contributed by atoms with Crippen molar-refractivity contribution in [3.63, 3.8) is 0 Å². The van der Waals surface area contributed by atoms with Crippen molar-refractivity contribution < 1.29 is 22.7 Å². The Labute approximate surface area is 106 Å². The van der Waals surface area contributed by atoms with E-state index < -0.39 is 17.7 Å². The van der Waals surface area contributed by atoms with Crippen molar-refractivity contribution >= 4 is 22.7 Å². The monoisotopic (exact) mass is 272 g/mol. The van der Waals surface area contributed by atoms with Crippen molar-refractivity contribution in [1.29, 1.82) is 0 Å². The minimum atomic E-state index is -4.45. The van der Waals surface area contributed by atoms with Gasteiger partial charge in [-0.15, -0.1) is 0 Å². The number of hydrogen-bond acceptors (Lipinski definition) is 3. The summed E-state index contributed by atoms with van der Waals surface area (Å²) < 4.78 is 42.5. The molecule has 0 fully saturated rings. The van der Waals surface area contributed by atoms with Crippen LogP contribution in [0.3, 0.4) is 0 Å². The standard InChI is InChI=1S/C12H11F3N2O2/c1-2-19-11(18)9-7-4-3-6(12(13,14)15)5-8(7)17-10(9)16/h3-5,17H,2,16H2,1H3. The van der Waals surface area contributed by atoms with Crippen LogP contribution in [0.5, 0.6) is 0 Å². The predicted molar refractivity (Wildman–Crippen MR) is 63.7 cm³/mol. The third kappa shape index (κ3) is 2.35. The number of alkyl halides is 3. The van der Waals surface area contributed by atoms with E-state index in [0.717, 1.165) is 12.1 Å². The van der Waals surface area contributed by atoms with Crippen molar-refractivity contribution in [3.05, 3.63) is 29.3 Å². The Morgan fingerprint density at radius 2 is 2.11 bits per heavy atom. The van der Waals surface area contributed by atoms with Crippen LogP contribution in [0.4, 0.5) is 19.0 Å². The number of carbonyl (C=O) groups is 1. The van der Waals surface area contributed by atoms with Gasteiger partial charge < -0.3 is 15.5 Å². The zero-order valence-electron chi connectivity index (χ0n) is 9.97. The van der Waals surface area contributed by atoms with Gasteiger partial charge in [-0.05, 0) is 19.1 Å². The Balaban J connectivity index is 2.57. The van der Waals surface area contributed by atoms with E-state index in [0.29, 0.717) is 5.39 Å². The molecule has 0 bridgehead atoms. The Morgan fingerprint density at radius 3 is 2.68 bits per heavy atom. The Hall–Kier alpha value is -2.18. The summed E-state index contributed by atoms with van der Waals surface area (Å²) in [5.74, 6) is -0.668. The lowest BCUT2D eigenvalue weighted by molar-refractivity contribution is -0.137. The van der Waals surface area contributed by atoms with Gasteiger partial charge in [0.2, 0.25) is 0 Å². The van der Waals surface area contributed by atoms with E-state index in [1.54, 1.807) is 6.92 Å². The molecule has 0 saturated carbocycles. The number of rotatable bonds is 2. The zero-order valence-corrected chi connectivity index (χ0v) is 9.97. The molecule has 3 N–H and O–H groups in total. The molecule has 1 heterocycles. The van der Waals surface area contributed by atoms with Gasteiger partial charge in [-0.25, -0.2) is 4.79 Å². The van der Waals surface area contributed by atoms with Gasteiger partial charge in [0.05, 0.1) is 12.2 Å². The molecule has 1 aromatic heterocycles. The highest BCUT2D eigenvalue weighted by Gasteiger charge is 2.31. The summed E-state index contributed by atoms with van der Waals surface area (Å²) in [5.41, 5.74) is 5.01. The first kappa shape index (κ1) is 13.3. The molecule has 2 rings (SSSR count). The molecule has 1 aromatic carbocycles. The molecule has 102 valence electrons. The maximum atomic E-state index is 12.6. The van der Waals surface area contributed by atoms with Gasteiger partial charge in [-0.1, -0.05) is 6.07 Å². The number of aromatic nitrogens is 1. The van der Waals surface area contributed by atoms with Gasteiger partial charge in [0.15, 0.2) is 0 Å². The fraction of sp³-hybridized carbons (Fsp3) is 0.250. The normalized spacial score (nSPS) is 11.8. The maximum absolute atomic E-state index is 12.6. The van der Waals surface area contributed by atoms with Crippen LogP contribution in [0.15, 0.2) is 18.2 Å². The number of H-pyrrole nitrogens is 1. The maximum Gasteiger partial charge on any atom is 0.416 e. The molecule has 0 aliphatic carbocycles. The highest BCUT2D eigenvalue weighted by atomic mass is 19.4. The molecule has 0 saturated heterocycles. The highest BCUT2D eigenvalue weighted by molar-refractivity contribution is 6.09. The van der Waals surface area contributed by atoms with Crippen LogP contribution < -0.4 is 5.73 Å². The van der Waals surface area contributed by atoms with Gasteiger partial charge in [0.1, 0.15) is 11.4 Å². The smallest absolute Gasteiger partial charge is 0.416 e. The van der Waals surface area contributed by atoms with Crippen LogP contribution in [-0.2, 0) is 10.9 Å². The molecule has 7 heteroatoms. The van der Waals surface area contributed by atoms with Crippen LogP contribution in [0.1, 0.15) is 22.8 Å². The molecule has 0 aliphatic rings. The number of ether oxygens (including phenoxy) is 1. The summed E-state index contributed by atoms with van der Waals surface area (Å²) in [6.45, 7) is 1.79. The lowest BCUT2D eigenvalue weighted by atomic mass is 10.1. The molecule has 0 atom stereocenters. The fourth-order valence-electron chi connectivity index (χ4n) is 1.82. The minimum Gasteiger partial charge on any atom is -0.462 e. The van der Waals surface area contributed by atoms with E-state index in [2.05, 4.69) is 4.98 Å². The average molecular weight is 272 g/mol. The summed E-state index contributed by atoms with van der Waals surface area (Å²) >= 11 is 0. The molecule has 0 aliphatic heterocycles. The number of nitrogens with two attached hydrogens (primary N) is 1. The summed E-state index contributed by atoms with van der Waals surface area (Å²) in [6.07, 6.45) is -4.45. The first-order valence-corrected chi connectivity index (χ1v) is 5.50. The first-order chi connectivity index (χ1) is 8.84. The van der Waals surface area contributed by atoms with E-state index in [1.807, 2.05) is 0 Å². The third-order valence-electron chi connectivity index (χ3n) is 2.63. The van der Waals surface area contributed by atoms with Crippen molar-refractivity contribution in [2.24, 2.45) is 0 Å². The zero-order chi connectivity index (χ0) is 14.2. The number of anilines is 1. The van der Waals surface area contributed by atoms with Crippen LogP contribution in [0.2, 0.25) is 0 Å². The number of aromatic amines is 1. The molecular formula is C12H11F3N2O2. The van der Waals surface area contributed by atoms with Crippen LogP contribution in [-0.4, -0.2) is 17.6 Å². The largest absolute Gasteiger partial charge is 0.462 e. The molecule has 2 aromatic rings. The Bertz CT molecular complexity index is 632. The number of nitrogen functional groups attached to an aromatic ring is 1. The lowest BCUT2D eigenvalue weighted by Crippen LogP contribution is -2.07. The molecule has 0 unspecified atom stereocenters. The summed E-state index contributed by atoms with van der Waals surface area (Å²) in [6, 6.07) is 3.02. The number of halogens is 3. The number of esters is 1. The molecule has 0 radical (unpaired) electrons. The Morgan fingerprint density at radius 1 is 1.42 bits per heavy atom. The topological polar surface area (TPSA) is 68.1 Å². The van der Waals surface area contributed by atoms with Crippen LogP contribution in [0, 0.1) is 0 Å². The summed E-state index contributed by atoms with van der Waals surface area (Å²) in [4.78, 5) is 14.2. The molecule has 4 nitrogen and oxygen atoms in total. The van der Waals surface area contributed by atoms with Gasteiger partial charge in [-0.2, -0.15) is 13.2 Å². The molecule has 0 spiro atoms. The Kier molecular flexibility index (Phi) is 3.13. The van der Waals surface area contributed by atoms with Gasteiger partial charge in [0.25, 0.3) is 0 Å². The second kappa shape index (κ2) is 4.49. The number of carbonyl (C=O) groups excluding carboxylic acids is 1. The number of benzene rings is 1. The highest BCUT2D eigenvalue weighted by Crippen LogP contribution is 2.33. The molecule has 19 heavy (non-hydrogen) atoms.